The van der Waals surface area contributed by atoms with Gasteiger partial charge in [0, 0.05) is 17.3 Å². The van der Waals surface area contributed by atoms with Gasteiger partial charge in [-0.1, -0.05) is 18.2 Å². The molecule has 2 heterocycles. The monoisotopic (exact) mass is 293 g/mol. The Balaban J connectivity index is 1.92. The Morgan fingerprint density at radius 2 is 1.86 bits per heavy atom. The normalized spacial score (nSPS) is 10.6. The van der Waals surface area contributed by atoms with Crippen LogP contribution in [0.4, 0.5) is 0 Å². The van der Waals surface area contributed by atoms with Crippen molar-refractivity contribution in [2.45, 2.75) is 13.5 Å². The average molecular weight is 293 g/mol. The van der Waals surface area contributed by atoms with Crippen molar-refractivity contribution in [2.24, 2.45) is 5.73 Å². The van der Waals surface area contributed by atoms with E-state index in [1.54, 1.807) is 6.20 Å². The van der Waals surface area contributed by atoms with Crippen molar-refractivity contribution in [1.82, 2.24) is 20.0 Å². The lowest BCUT2D eigenvalue weighted by atomic mass is 10.1. The van der Waals surface area contributed by atoms with E-state index in [1.807, 2.05) is 49.4 Å². The van der Waals surface area contributed by atoms with Crippen molar-refractivity contribution in [3.05, 3.63) is 54.4 Å². The van der Waals surface area contributed by atoms with E-state index in [-0.39, 0.29) is 6.54 Å². The van der Waals surface area contributed by atoms with Crippen molar-refractivity contribution in [3.63, 3.8) is 0 Å². The van der Waals surface area contributed by atoms with E-state index >= 15 is 0 Å². The molecule has 1 aromatic carbocycles. The molecule has 22 heavy (non-hydrogen) atoms. The van der Waals surface area contributed by atoms with E-state index in [2.05, 4.69) is 15.3 Å². The lowest BCUT2D eigenvalue weighted by Gasteiger charge is -2.03. The molecular formula is C16H15N5O. The molecule has 2 N–H and O–H groups in total. The second-order valence-electron chi connectivity index (χ2n) is 5.01. The highest BCUT2D eigenvalue weighted by atomic mass is 16.1. The molecule has 1 amide bonds. The molecule has 0 saturated carbocycles. The predicted molar refractivity (Wildman–Crippen MR) is 82.6 cm³/mol. The van der Waals surface area contributed by atoms with Gasteiger partial charge >= 0.3 is 0 Å². The molecule has 3 rings (SSSR count). The fraction of sp³-hybridized carbons (Fsp3) is 0.125. The van der Waals surface area contributed by atoms with Crippen LogP contribution in [0.3, 0.4) is 0 Å². The minimum atomic E-state index is -0.418. The van der Waals surface area contributed by atoms with Crippen LogP contribution in [-0.2, 0) is 11.3 Å². The number of nitrogens with zero attached hydrogens (tertiary/aromatic N) is 4. The lowest BCUT2D eigenvalue weighted by Crippen LogP contribution is -2.18. The summed E-state index contributed by atoms with van der Waals surface area (Å²) < 4.78 is 1.52. The molecule has 0 unspecified atom stereocenters. The molecule has 0 saturated heterocycles. The Hall–Kier alpha value is -3.02. The number of primary amides is 1. The van der Waals surface area contributed by atoms with Crippen LogP contribution in [-0.4, -0.2) is 25.9 Å². The Morgan fingerprint density at radius 3 is 2.55 bits per heavy atom. The van der Waals surface area contributed by atoms with Crippen molar-refractivity contribution >= 4 is 5.91 Å². The predicted octanol–water partition coefficient (Wildman–Crippen LogP) is 1.80. The summed E-state index contributed by atoms with van der Waals surface area (Å²) in [4.78, 5) is 10.9. The Morgan fingerprint density at radius 1 is 1.09 bits per heavy atom. The second-order valence-corrected chi connectivity index (χ2v) is 5.01. The van der Waals surface area contributed by atoms with Crippen LogP contribution in [0.15, 0.2) is 48.7 Å². The van der Waals surface area contributed by atoms with Crippen molar-refractivity contribution in [2.75, 3.05) is 0 Å². The van der Waals surface area contributed by atoms with Gasteiger partial charge in [0.15, 0.2) is 0 Å². The zero-order chi connectivity index (χ0) is 15.5. The SMILES string of the molecule is Cc1ccc(-c2cccc(-c3ccn(CC(N)=O)n3)c2)nn1. The standard InChI is InChI=1S/C16H15N5O/c1-11-5-6-14(19-18-11)12-3-2-4-13(9-12)15-7-8-21(20-15)10-16(17)22/h2-9H,10H2,1H3,(H2,17,22). The third-order valence-electron chi connectivity index (χ3n) is 3.21. The molecule has 0 aliphatic rings. The highest BCUT2D eigenvalue weighted by molar-refractivity contribution is 5.73. The van der Waals surface area contributed by atoms with Gasteiger partial charge in [-0.15, -0.1) is 0 Å². The molecule has 0 atom stereocenters. The van der Waals surface area contributed by atoms with Crippen LogP contribution < -0.4 is 5.73 Å². The van der Waals surface area contributed by atoms with E-state index in [1.165, 1.54) is 4.68 Å². The van der Waals surface area contributed by atoms with Crippen molar-refractivity contribution < 1.29 is 4.79 Å². The van der Waals surface area contributed by atoms with Gasteiger partial charge < -0.3 is 5.73 Å². The summed E-state index contributed by atoms with van der Waals surface area (Å²) in [6.45, 7) is 1.97. The molecule has 6 heteroatoms. The molecule has 110 valence electrons. The van der Waals surface area contributed by atoms with Crippen LogP contribution in [0.25, 0.3) is 22.5 Å². The summed E-state index contributed by atoms with van der Waals surface area (Å²) >= 11 is 0. The van der Waals surface area contributed by atoms with Crippen LogP contribution >= 0.6 is 0 Å². The Bertz CT molecular complexity index is 807. The fourth-order valence-electron chi connectivity index (χ4n) is 2.15. The number of carbonyl (C=O) groups excluding carboxylic acids is 1. The van der Waals surface area contributed by atoms with Crippen LogP contribution in [0.1, 0.15) is 5.69 Å². The summed E-state index contributed by atoms with van der Waals surface area (Å²) in [6, 6.07) is 13.6. The van der Waals surface area contributed by atoms with Gasteiger partial charge in [-0.25, -0.2) is 0 Å². The molecule has 0 aliphatic heterocycles. The molecule has 0 radical (unpaired) electrons. The van der Waals surface area contributed by atoms with E-state index in [0.29, 0.717) is 0 Å². The zero-order valence-electron chi connectivity index (χ0n) is 12.1. The van der Waals surface area contributed by atoms with Gasteiger partial charge in [0.2, 0.25) is 5.91 Å². The Kier molecular flexibility index (Phi) is 3.65. The molecule has 0 fully saturated rings. The highest BCUT2D eigenvalue weighted by Gasteiger charge is 2.07. The van der Waals surface area contributed by atoms with E-state index < -0.39 is 5.91 Å². The number of rotatable bonds is 4. The number of hydrogen-bond donors (Lipinski definition) is 1. The molecule has 0 aliphatic carbocycles. The fourth-order valence-corrected chi connectivity index (χ4v) is 2.15. The van der Waals surface area contributed by atoms with Gasteiger partial charge in [0.05, 0.1) is 17.1 Å². The maximum absolute atomic E-state index is 10.9. The summed E-state index contributed by atoms with van der Waals surface area (Å²) in [5.74, 6) is -0.418. The summed E-state index contributed by atoms with van der Waals surface area (Å²) in [5, 5.41) is 12.6. The van der Waals surface area contributed by atoms with Crippen molar-refractivity contribution in [3.8, 4) is 22.5 Å². The molecular weight excluding hydrogens is 278 g/mol. The van der Waals surface area contributed by atoms with Crippen LogP contribution in [0.2, 0.25) is 0 Å². The topological polar surface area (TPSA) is 86.7 Å². The highest BCUT2D eigenvalue weighted by Crippen LogP contribution is 2.23. The number of nitrogens with two attached hydrogens (primary N) is 1. The molecule has 0 bridgehead atoms. The van der Waals surface area contributed by atoms with Crippen LogP contribution in [0.5, 0.6) is 0 Å². The van der Waals surface area contributed by atoms with E-state index in [0.717, 1.165) is 28.2 Å². The molecule has 2 aromatic heterocycles. The number of aromatic nitrogens is 4. The maximum Gasteiger partial charge on any atom is 0.239 e. The first kappa shape index (κ1) is 13.9. The van der Waals surface area contributed by atoms with E-state index in [9.17, 15) is 4.79 Å². The quantitative estimate of drug-likeness (QED) is 0.794. The summed E-state index contributed by atoms with van der Waals surface area (Å²) in [6.07, 6.45) is 1.73. The van der Waals surface area contributed by atoms with Crippen LogP contribution in [0, 0.1) is 6.92 Å². The molecule has 3 aromatic rings. The summed E-state index contributed by atoms with van der Waals surface area (Å²) in [7, 11) is 0. The minimum Gasteiger partial charge on any atom is -0.368 e. The van der Waals surface area contributed by atoms with Gasteiger partial charge in [-0.3, -0.25) is 9.48 Å². The Labute approximate surface area is 127 Å². The number of amides is 1. The number of benzene rings is 1. The first-order valence-electron chi connectivity index (χ1n) is 6.85. The first-order valence-corrected chi connectivity index (χ1v) is 6.85. The number of aryl methyl sites for hydroxylation is 1. The van der Waals surface area contributed by atoms with Crippen molar-refractivity contribution in [1.29, 1.82) is 0 Å². The first-order chi connectivity index (χ1) is 10.6. The second kappa shape index (κ2) is 5.77. The van der Waals surface area contributed by atoms with Gasteiger partial charge in [-0.2, -0.15) is 15.3 Å². The third-order valence-corrected chi connectivity index (χ3v) is 3.21. The zero-order valence-corrected chi connectivity index (χ0v) is 12.1. The van der Waals surface area contributed by atoms with Gasteiger partial charge in [0.1, 0.15) is 6.54 Å². The molecule has 6 nitrogen and oxygen atoms in total. The van der Waals surface area contributed by atoms with E-state index in [4.69, 9.17) is 5.73 Å². The lowest BCUT2D eigenvalue weighted by molar-refractivity contribution is -0.118. The number of carbonyl (C=O) groups is 1. The third kappa shape index (κ3) is 3.01. The number of hydrogen-bond acceptors (Lipinski definition) is 4. The average Bonchev–Trinajstić information content (AvgIpc) is 2.96. The van der Waals surface area contributed by atoms with Gasteiger partial charge in [0.25, 0.3) is 0 Å². The minimum absolute atomic E-state index is 0.0725. The summed E-state index contributed by atoms with van der Waals surface area (Å²) in [5.41, 5.74) is 9.55. The maximum atomic E-state index is 10.9. The molecule has 0 spiro atoms. The smallest absolute Gasteiger partial charge is 0.239 e. The largest absolute Gasteiger partial charge is 0.368 e. The van der Waals surface area contributed by atoms with Gasteiger partial charge in [-0.05, 0) is 31.2 Å².